The maximum Gasteiger partial charge on any atom is 0.146 e. The number of rotatable bonds is 10. The molecule has 1 atom stereocenters. The zero-order valence-corrected chi connectivity index (χ0v) is 22.0. The average molecular weight is 503 g/mol. The summed E-state index contributed by atoms with van der Waals surface area (Å²) in [5.74, 6) is 0. The molecule has 4 aromatic rings. The van der Waals surface area contributed by atoms with Crippen LogP contribution in [0.3, 0.4) is 0 Å². The summed E-state index contributed by atoms with van der Waals surface area (Å²) < 4.78 is 0. The van der Waals surface area contributed by atoms with E-state index in [0.717, 1.165) is 66.1 Å². The number of benzene rings is 3. The van der Waals surface area contributed by atoms with E-state index in [-0.39, 0.29) is 6.04 Å². The molecule has 0 fully saturated rings. The highest BCUT2D eigenvalue weighted by molar-refractivity contribution is 5.84. The minimum absolute atomic E-state index is 0.388. The number of aromatic nitrogens is 1. The molecule has 1 unspecified atom stereocenters. The monoisotopic (exact) mass is 502 g/mol. The molecule has 38 heavy (non-hydrogen) atoms. The summed E-state index contributed by atoms with van der Waals surface area (Å²) in [5, 5.41) is 6.68. The van der Waals surface area contributed by atoms with Crippen molar-refractivity contribution in [3.8, 4) is 22.4 Å². The molecule has 0 saturated carbocycles. The quantitative estimate of drug-likeness (QED) is 0.247. The highest BCUT2D eigenvalue weighted by Crippen LogP contribution is 2.35. The predicted molar refractivity (Wildman–Crippen MR) is 157 cm³/mol. The maximum atomic E-state index is 11.7. The number of fused-ring (bicyclic) bond motifs is 1. The first-order valence-corrected chi connectivity index (χ1v) is 13.3. The molecule has 2 N–H and O–H groups in total. The molecule has 0 aliphatic carbocycles. The molecule has 192 valence electrons. The van der Waals surface area contributed by atoms with Gasteiger partial charge in [-0.3, -0.25) is 0 Å². The fourth-order valence-corrected chi connectivity index (χ4v) is 4.96. The summed E-state index contributed by atoms with van der Waals surface area (Å²) in [5.41, 5.74) is 9.56. The Hall–Kier alpha value is -4.22. The average Bonchev–Trinajstić information content (AvgIpc) is 2.98. The fourth-order valence-electron chi connectivity index (χ4n) is 4.96. The molecular weight excluding hydrogens is 468 g/mol. The lowest BCUT2D eigenvalue weighted by Crippen LogP contribution is -2.21. The molecule has 0 spiro atoms. The van der Waals surface area contributed by atoms with Crippen molar-refractivity contribution in [1.82, 2.24) is 15.6 Å². The number of nitrogens with zero attached hydrogens (tertiary/aromatic N) is 2. The van der Waals surface area contributed by atoms with Crippen LogP contribution >= 0.6 is 0 Å². The van der Waals surface area contributed by atoms with E-state index in [1.807, 2.05) is 24.3 Å². The third kappa shape index (κ3) is 5.53. The van der Waals surface area contributed by atoms with Gasteiger partial charge in [-0.15, -0.1) is 0 Å². The molecule has 0 bridgehead atoms. The molecule has 1 aliphatic rings. The SMILES string of the molecule is CCN(CC)c1ccc(CNCc2ccc(-c3nc4c(cc3-c3ccccc3)C(C=O)NC=C4)cc2)cc1. The van der Waals surface area contributed by atoms with Gasteiger partial charge in [-0.25, -0.2) is 4.98 Å². The number of anilines is 1. The first kappa shape index (κ1) is 25.4. The lowest BCUT2D eigenvalue weighted by molar-refractivity contribution is -0.109. The predicted octanol–water partition coefficient (Wildman–Crippen LogP) is 6.37. The normalized spacial score (nSPS) is 14.0. The number of pyridine rings is 1. The Kier molecular flexibility index (Phi) is 7.95. The Morgan fingerprint density at radius 2 is 1.53 bits per heavy atom. The van der Waals surface area contributed by atoms with Gasteiger partial charge in [0.25, 0.3) is 0 Å². The Labute approximate surface area is 225 Å². The summed E-state index contributed by atoms with van der Waals surface area (Å²) in [6.45, 7) is 8.02. The minimum atomic E-state index is -0.388. The Balaban J connectivity index is 1.33. The number of aldehydes is 1. The van der Waals surface area contributed by atoms with Crippen molar-refractivity contribution in [2.75, 3.05) is 18.0 Å². The van der Waals surface area contributed by atoms with Crippen LogP contribution in [0.4, 0.5) is 5.69 Å². The molecule has 0 amide bonds. The van der Waals surface area contributed by atoms with Crippen molar-refractivity contribution >= 4 is 18.0 Å². The second kappa shape index (κ2) is 11.9. The van der Waals surface area contributed by atoms with Crippen molar-refractivity contribution in [3.05, 3.63) is 114 Å². The van der Waals surface area contributed by atoms with E-state index in [9.17, 15) is 4.79 Å². The molecule has 3 aromatic carbocycles. The second-order valence-electron chi connectivity index (χ2n) is 9.48. The first-order chi connectivity index (χ1) is 18.7. The molecule has 0 saturated heterocycles. The number of hydrogen-bond donors (Lipinski definition) is 2. The molecule has 5 nitrogen and oxygen atoms in total. The molecule has 2 heterocycles. The van der Waals surface area contributed by atoms with Gasteiger partial charge in [-0.2, -0.15) is 0 Å². The lowest BCUT2D eigenvalue weighted by atomic mass is 9.93. The van der Waals surface area contributed by atoms with Crippen LogP contribution in [0.2, 0.25) is 0 Å². The van der Waals surface area contributed by atoms with E-state index in [1.165, 1.54) is 16.8 Å². The zero-order chi connectivity index (χ0) is 26.3. The maximum absolute atomic E-state index is 11.7. The van der Waals surface area contributed by atoms with Crippen LogP contribution < -0.4 is 15.5 Å². The van der Waals surface area contributed by atoms with Crippen LogP contribution in [0.25, 0.3) is 28.5 Å². The van der Waals surface area contributed by atoms with Gasteiger partial charge in [0.2, 0.25) is 0 Å². The van der Waals surface area contributed by atoms with E-state index in [0.29, 0.717) is 0 Å². The summed E-state index contributed by atoms with van der Waals surface area (Å²) >= 11 is 0. The van der Waals surface area contributed by atoms with Gasteiger partial charge in [0.1, 0.15) is 12.3 Å². The summed E-state index contributed by atoms with van der Waals surface area (Å²) in [7, 11) is 0. The van der Waals surface area contributed by atoms with E-state index in [1.54, 1.807) is 6.20 Å². The highest BCUT2D eigenvalue weighted by Gasteiger charge is 2.21. The Bertz CT molecular complexity index is 1390. The smallest absolute Gasteiger partial charge is 0.146 e. The minimum Gasteiger partial charge on any atom is -0.378 e. The summed E-state index contributed by atoms with van der Waals surface area (Å²) in [6.07, 6.45) is 4.66. The van der Waals surface area contributed by atoms with Crippen LogP contribution in [0.1, 0.15) is 42.3 Å². The molecule has 5 heteroatoms. The third-order valence-corrected chi connectivity index (χ3v) is 7.11. The van der Waals surface area contributed by atoms with Gasteiger partial charge < -0.3 is 20.3 Å². The third-order valence-electron chi connectivity index (χ3n) is 7.11. The summed E-state index contributed by atoms with van der Waals surface area (Å²) in [4.78, 5) is 19.0. The molecule has 1 aliphatic heterocycles. The van der Waals surface area contributed by atoms with Crippen molar-refractivity contribution in [2.24, 2.45) is 0 Å². The number of carbonyl (C=O) groups is 1. The van der Waals surface area contributed by atoms with E-state index in [2.05, 4.69) is 96.1 Å². The highest BCUT2D eigenvalue weighted by atomic mass is 16.1. The largest absolute Gasteiger partial charge is 0.378 e. The van der Waals surface area contributed by atoms with Gasteiger partial charge in [0, 0.05) is 48.6 Å². The summed E-state index contributed by atoms with van der Waals surface area (Å²) in [6, 6.07) is 29.4. The molecule has 0 radical (unpaired) electrons. The standard InChI is InChI=1S/C33H34N4O/c1-3-37(4-2)28-16-12-25(13-17-28)22-34-21-24-10-14-27(15-11-24)33-29(26-8-6-5-7-9-26)20-30-31(36-33)18-19-35-32(30)23-38/h5-20,23,32,34-35H,3-4,21-22H2,1-2H3. The first-order valence-electron chi connectivity index (χ1n) is 13.3. The molecule has 1 aromatic heterocycles. The van der Waals surface area contributed by atoms with Gasteiger partial charge in [-0.1, -0.05) is 66.7 Å². The Morgan fingerprint density at radius 3 is 2.16 bits per heavy atom. The van der Waals surface area contributed by atoms with Crippen LogP contribution in [0.15, 0.2) is 91.1 Å². The zero-order valence-electron chi connectivity index (χ0n) is 22.0. The van der Waals surface area contributed by atoms with Crippen molar-refractivity contribution in [3.63, 3.8) is 0 Å². The van der Waals surface area contributed by atoms with Gasteiger partial charge in [0.05, 0.1) is 11.4 Å². The van der Waals surface area contributed by atoms with Crippen LogP contribution in [-0.4, -0.2) is 24.4 Å². The van der Waals surface area contributed by atoms with Gasteiger partial charge in [-0.05, 0) is 61.0 Å². The van der Waals surface area contributed by atoms with E-state index >= 15 is 0 Å². The lowest BCUT2D eigenvalue weighted by Gasteiger charge is -2.21. The molecule has 5 rings (SSSR count). The van der Waals surface area contributed by atoms with Gasteiger partial charge in [0.15, 0.2) is 0 Å². The molecular formula is C33H34N4O. The second-order valence-corrected chi connectivity index (χ2v) is 9.48. The number of nitrogens with one attached hydrogen (secondary N) is 2. The number of hydrogen-bond acceptors (Lipinski definition) is 5. The van der Waals surface area contributed by atoms with Crippen LogP contribution in [-0.2, 0) is 17.9 Å². The number of carbonyl (C=O) groups excluding carboxylic acids is 1. The van der Waals surface area contributed by atoms with Gasteiger partial charge >= 0.3 is 0 Å². The van der Waals surface area contributed by atoms with Crippen molar-refractivity contribution in [1.29, 1.82) is 0 Å². The van der Waals surface area contributed by atoms with Crippen molar-refractivity contribution in [2.45, 2.75) is 33.0 Å². The Morgan fingerprint density at radius 1 is 0.868 bits per heavy atom. The van der Waals surface area contributed by atoms with Crippen LogP contribution in [0, 0.1) is 0 Å². The van der Waals surface area contributed by atoms with E-state index in [4.69, 9.17) is 4.98 Å². The van der Waals surface area contributed by atoms with Crippen LogP contribution in [0.5, 0.6) is 0 Å². The van der Waals surface area contributed by atoms with E-state index < -0.39 is 0 Å². The van der Waals surface area contributed by atoms with Crippen molar-refractivity contribution < 1.29 is 4.79 Å². The topological polar surface area (TPSA) is 57.3 Å². The fraction of sp³-hybridized carbons (Fsp3) is 0.212.